The van der Waals surface area contributed by atoms with E-state index in [9.17, 15) is 0 Å². The first-order chi connectivity index (χ1) is 9.93. The van der Waals surface area contributed by atoms with Gasteiger partial charge in [-0.05, 0) is 51.8 Å². The Morgan fingerprint density at radius 1 is 1.10 bits per heavy atom. The van der Waals surface area contributed by atoms with E-state index in [-0.39, 0.29) is 5.54 Å². The van der Waals surface area contributed by atoms with E-state index in [0.29, 0.717) is 0 Å². The van der Waals surface area contributed by atoms with Crippen LogP contribution in [0.2, 0.25) is 0 Å². The third-order valence-corrected chi connectivity index (χ3v) is 3.37. The lowest BCUT2D eigenvalue weighted by molar-refractivity contribution is 0.421. The maximum Gasteiger partial charge on any atom is 0.153 e. The summed E-state index contributed by atoms with van der Waals surface area (Å²) in [5, 5.41) is 8.12. The molecule has 4 heteroatoms. The maximum atomic E-state index is 4.74. The summed E-state index contributed by atoms with van der Waals surface area (Å²) in [5.74, 6) is 0.903. The first-order valence-corrected chi connectivity index (χ1v) is 7.72. The molecule has 2 aromatic rings. The molecule has 2 aromatic heterocycles. The van der Waals surface area contributed by atoms with Gasteiger partial charge in [0.05, 0.1) is 11.4 Å². The minimum absolute atomic E-state index is 0.0906. The summed E-state index contributed by atoms with van der Waals surface area (Å²) >= 11 is 0. The normalized spacial score (nSPS) is 11.9. The molecule has 0 unspecified atom stereocenters. The third-order valence-electron chi connectivity index (χ3n) is 3.37. The molecule has 0 aromatic carbocycles. The lowest BCUT2D eigenvalue weighted by Gasteiger charge is -2.20. The van der Waals surface area contributed by atoms with Crippen LogP contribution in [-0.2, 0) is 19.4 Å². The van der Waals surface area contributed by atoms with Crippen molar-refractivity contribution in [2.24, 2.45) is 0 Å². The van der Waals surface area contributed by atoms with Gasteiger partial charge in [-0.3, -0.25) is 0 Å². The van der Waals surface area contributed by atoms with E-state index < -0.39 is 0 Å². The molecule has 0 amide bonds. The molecule has 0 saturated carbocycles. The maximum absolute atomic E-state index is 4.74. The molecule has 1 N–H and O–H groups in total. The Hall–Kier alpha value is -1.68. The fourth-order valence-electron chi connectivity index (χ4n) is 2.14. The average Bonchev–Trinajstić information content (AvgIpc) is 2.88. The van der Waals surface area contributed by atoms with Gasteiger partial charge < -0.3 is 5.32 Å². The quantitative estimate of drug-likeness (QED) is 0.917. The lowest BCUT2D eigenvalue weighted by atomic mass is 10.1. The number of nitrogens with zero attached hydrogens (tertiary/aromatic N) is 3. The number of aromatic nitrogens is 3. The van der Waals surface area contributed by atoms with Gasteiger partial charge in [0, 0.05) is 17.8 Å². The molecule has 0 bridgehead atoms. The Kier molecular flexibility index (Phi) is 4.78. The lowest BCUT2D eigenvalue weighted by Crippen LogP contribution is -2.35. The van der Waals surface area contributed by atoms with Gasteiger partial charge in [-0.1, -0.05) is 19.9 Å². The van der Waals surface area contributed by atoms with Crippen molar-refractivity contribution in [2.45, 2.75) is 59.5 Å². The largest absolute Gasteiger partial charge is 0.306 e. The van der Waals surface area contributed by atoms with Crippen LogP contribution in [0.3, 0.4) is 0 Å². The van der Waals surface area contributed by atoms with E-state index in [2.05, 4.69) is 63.2 Å². The Bertz CT molecular complexity index is 593. The van der Waals surface area contributed by atoms with Crippen molar-refractivity contribution in [1.82, 2.24) is 20.1 Å². The Labute approximate surface area is 127 Å². The van der Waals surface area contributed by atoms with Crippen LogP contribution in [0.15, 0.2) is 24.3 Å². The first-order valence-electron chi connectivity index (χ1n) is 7.72. The van der Waals surface area contributed by atoms with Crippen LogP contribution >= 0.6 is 0 Å². The topological polar surface area (TPSA) is 42.7 Å². The van der Waals surface area contributed by atoms with E-state index in [1.54, 1.807) is 0 Å². The Balaban J connectivity index is 2.26. The van der Waals surface area contributed by atoms with Gasteiger partial charge in [-0.25, -0.2) is 9.67 Å². The highest BCUT2D eigenvalue weighted by Gasteiger charge is 2.11. The van der Waals surface area contributed by atoms with E-state index in [0.717, 1.165) is 36.6 Å². The molecule has 0 atom stereocenters. The Morgan fingerprint density at radius 2 is 1.86 bits per heavy atom. The SMILES string of the molecule is CCc1cc(CC)n(-c2cccc(CNC(C)(C)C)n2)n1. The summed E-state index contributed by atoms with van der Waals surface area (Å²) in [6.07, 6.45) is 1.91. The molecule has 0 aliphatic heterocycles. The van der Waals surface area contributed by atoms with Crippen LogP contribution in [0.1, 0.15) is 51.7 Å². The van der Waals surface area contributed by atoms with E-state index in [1.165, 1.54) is 5.69 Å². The molecule has 0 saturated heterocycles. The molecule has 21 heavy (non-hydrogen) atoms. The zero-order valence-electron chi connectivity index (χ0n) is 13.8. The highest BCUT2D eigenvalue weighted by molar-refractivity contribution is 5.28. The zero-order valence-corrected chi connectivity index (χ0v) is 13.8. The highest BCUT2D eigenvalue weighted by Crippen LogP contribution is 2.13. The molecule has 4 nitrogen and oxygen atoms in total. The van der Waals surface area contributed by atoms with Gasteiger partial charge >= 0.3 is 0 Å². The number of nitrogens with one attached hydrogen (secondary N) is 1. The zero-order chi connectivity index (χ0) is 15.5. The molecular weight excluding hydrogens is 260 g/mol. The van der Waals surface area contributed by atoms with Gasteiger partial charge in [0.25, 0.3) is 0 Å². The van der Waals surface area contributed by atoms with Gasteiger partial charge in [-0.15, -0.1) is 0 Å². The summed E-state index contributed by atoms with van der Waals surface area (Å²) in [5.41, 5.74) is 3.46. The van der Waals surface area contributed by atoms with Crippen LogP contribution in [0, 0.1) is 0 Å². The van der Waals surface area contributed by atoms with Gasteiger partial charge in [0.15, 0.2) is 5.82 Å². The molecule has 0 aliphatic carbocycles. The summed E-state index contributed by atoms with van der Waals surface area (Å²) < 4.78 is 1.97. The van der Waals surface area contributed by atoms with E-state index in [1.807, 2.05) is 10.7 Å². The second-order valence-electron chi connectivity index (χ2n) is 6.34. The van der Waals surface area contributed by atoms with Gasteiger partial charge in [0.1, 0.15) is 0 Å². The second-order valence-corrected chi connectivity index (χ2v) is 6.34. The molecule has 2 rings (SSSR count). The van der Waals surface area contributed by atoms with Crippen molar-refractivity contribution in [3.8, 4) is 5.82 Å². The number of aryl methyl sites for hydroxylation is 2. The molecule has 0 spiro atoms. The summed E-state index contributed by atoms with van der Waals surface area (Å²) in [4.78, 5) is 4.74. The van der Waals surface area contributed by atoms with Crippen LogP contribution in [-0.4, -0.2) is 20.3 Å². The van der Waals surface area contributed by atoms with Crippen LogP contribution < -0.4 is 5.32 Å². The fourth-order valence-corrected chi connectivity index (χ4v) is 2.14. The second kappa shape index (κ2) is 6.39. The monoisotopic (exact) mass is 286 g/mol. The minimum atomic E-state index is 0.0906. The van der Waals surface area contributed by atoms with Crippen LogP contribution in [0.5, 0.6) is 0 Å². The fraction of sp³-hybridized carbons (Fsp3) is 0.529. The molecule has 0 aliphatic rings. The Morgan fingerprint density at radius 3 is 2.48 bits per heavy atom. The molecule has 0 fully saturated rings. The number of hydrogen-bond donors (Lipinski definition) is 1. The molecule has 0 radical (unpaired) electrons. The molecule has 2 heterocycles. The molecular formula is C17H26N4. The van der Waals surface area contributed by atoms with Crippen molar-refractivity contribution < 1.29 is 0 Å². The number of pyridine rings is 1. The summed E-state index contributed by atoms with van der Waals surface area (Å²) in [6.45, 7) is 11.5. The minimum Gasteiger partial charge on any atom is -0.306 e. The van der Waals surface area contributed by atoms with E-state index in [4.69, 9.17) is 4.98 Å². The smallest absolute Gasteiger partial charge is 0.153 e. The van der Waals surface area contributed by atoms with E-state index >= 15 is 0 Å². The average molecular weight is 286 g/mol. The predicted molar refractivity (Wildman–Crippen MR) is 86.7 cm³/mol. The summed E-state index contributed by atoms with van der Waals surface area (Å²) in [6, 6.07) is 8.29. The standard InChI is InChI=1S/C17H26N4/c1-6-13-11-15(7-2)21(20-13)16-10-8-9-14(19-16)12-18-17(3,4)5/h8-11,18H,6-7,12H2,1-5H3. The van der Waals surface area contributed by atoms with Crippen LogP contribution in [0.25, 0.3) is 5.82 Å². The summed E-state index contributed by atoms with van der Waals surface area (Å²) in [7, 11) is 0. The van der Waals surface area contributed by atoms with Crippen molar-refractivity contribution in [1.29, 1.82) is 0 Å². The first kappa shape index (κ1) is 15.7. The highest BCUT2D eigenvalue weighted by atomic mass is 15.3. The predicted octanol–water partition coefficient (Wildman–Crippen LogP) is 3.28. The third kappa shape index (κ3) is 4.14. The number of rotatable bonds is 5. The van der Waals surface area contributed by atoms with Crippen molar-refractivity contribution in [3.63, 3.8) is 0 Å². The van der Waals surface area contributed by atoms with Gasteiger partial charge in [-0.2, -0.15) is 5.10 Å². The van der Waals surface area contributed by atoms with Crippen molar-refractivity contribution in [3.05, 3.63) is 41.3 Å². The van der Waals surface area contributed by atoms with Crippen molar-refractivity contribution in [2.75, 3.05) is 0 Å². The van der Waals surface area contributed by atoms with Gasteiger partial charge in [0.2, 0.25) is 0 Å². The van der Waals surface area contributed by atoms with Crippen LogP contribution in [0.4, 0.5) is 0 Å². The van der Waals surface area contributed by atoms with Crippen molar-refractivity contribution >= 4 is 0 Å². The molecule has 114 valence electrons. The number of hydrogen-bond acceptors (Lipinski definition) is 3.